The summed E-state index contributed by atoms with van der Waals surface area (Å²) < 4.78 is 14.6. The molecule has 9 atom stereocenters. The Morgan fingerprint density at radius 3 is 2.39 bits per heavy atom. The lowest BCUT2D eigenvalue weighted by molar-refractivity contribution is -0.226. The van der Waals surface area contributed by atoms with Crippen LogP contribution in [-0.4, -0.2) is 45.6 Å². The number of amides is 1. The molecule has 10 heteroatoms. The lowest BCUT2D eigenvalue weighted by Gasteiger charge is -2.71. The number of carbonyl (C=O) groups excluding carboxylic acids is 3. The van der Waals surface area contributed by atoms with Crippen molar-refractivity contribution in [3.63, 3.8) is 0 Å². The number of ether oxygens (including phenoxy) is 2. The van der Waals surface area contributed by atoms with E-state index in [4.69, 9.17) is 9.47 Å². The Labute approximate surface area is 330 Å². The largest absolute Gasteiger partial charge is 0.465 e. The number of nitrogens with one attached hydrogen (secondary N) is 1. The molecule has 0 radical (unpaired) electrons. The van der Waals surface area contributed by atoms with Gasteiger partial charge in [-0.2, -0.15) is 0 Å². The predicted molar refractivity (Wildman–Crippen MR) is 211 cm³/mol. The molecule has 7 rings (SSSR count). The van der Waals surface area contributed by atoms with E-state index in [1.165, 1.54) is 19.4 Å². The second kappa shape index (κ2) is 13.9. The van der Waals surface area contributed by atoms with E-state index in [-0.39, 0.29) is 64.1 Å². The molecule has 9 nitrogen and oxygen atoms in total. The van der Waals surface area contributed by atoms with Gasteiger partial charge < -0.3 is 14.8 Å². The van der Waals surface area contributed by atoms with Crippen molar-refractivity contribution in [1.82, 2.24) is 20.3 Å². The molecule has 0 bridgehead atoms. The van der Waals surface area contributed by atoms with Gasteiger partial charge in [-0.25, -0.2) is 4.68 Å². The number of rotatable bonds is 8. The van der Waals surface area contributed by atoms with Crippen LogP contribution in [0.3, 0.4) is 0 Å². The first-order valence-electron chi connectivity index (χ1n) is 20.3. The van der Waals surface area contributed by atoms with E-state index in [2.05, 4.69) is 85.2 Å². The normalized spacial score (nSPS) is 38.1. The van der Waals surface area contributed by atoms with Gasteiger partial charge in [0, 0.05) is 23.7 Å². The summed E-state index contributed by atoms with van der Waals surface area (Å²) in [6, 6.07) is 8.12. The van der Waals surface area contributed by atoms with Gasteiger partial charge in [0.05, 0.1) is 24.7 Å². The molecule has 2 aromatic rings. The van der Waals surface area contributed by atoms with E-state index >= 15 is 0 Å². The third-order valence-corrected chi connectivity index (χ3v) is 16.8. The van der Waals surface area contributed by atoms with Crippen molar-refractivity contribution in [3.8, 4) is 0 Å². The van der Waals surface area contributed by atoms with Crippen LogP contribution in [0.1, 0.15) is 131 Å². The fourth-order valence-corrected chi connectivity index (χ4v) is 13.3. The number of aromatic nitrogens is 3. The maximum absolute atomic E-state index is 14.7. The maximum atomic E-state index is 14.7. The van der Waals surface area contributed by atoms with Crippen molar-refractivity contribution in [1.29, 1.82) is 0 Å². The molecule has 1 heterocycles. The SMILES string of the molecule is CC(=O)OC[C@@]1(C)[C@@H]2CC[C@]3(C)[C@H](CC=C4[C@@H]5CC(C)(C)CC[C@]5(C(=O)NCc5cn(Cc6ccccc6Br)nn5)CC[C@]43C)[C@@]2(C)CC[C@@H]1OC(C)=O. The van der Waals surface area contributed by atoms with E-state index in [1.54, 1.807) is 0 Å². The molecule has 0 unspecified atom stereocenters. The first-order chi connectivity index (χ1) is 25.4. The van der Waals surface area contributed by atoms with Crippen molar-refractivity contribution in [3.05, 3.63) is 57.8 Å². The van der Waals surface area contributed by atoms with Gasteiger partial charge in [0.2, 0.25) is 5.91 Å². The van der Waals surface area contributed by atoms with E-state index in [0.717, 1.165) is 79.9 Å². The Balaban J connectivity index is 1.16. The van der Waals surface area contributed by atoms with Crippen molar-refractivity contribution in [2.75, 3.05) is 6.61 Å². The van der Waals surface area contributed by atoms with Crippen LogP contribution in [0.25, 0.3) is 0 Å². The van der Waals surface area contributed by atoms with Crippen LogP contribution in [0.4, 0.5) is 0 Å². The van der Waals surface area contributed by atoms with Gasteiger partial charge in [-0.1, -0.05) is 92.5 Å². The predicted octanol–water partition coefficient (Wildman–Crippen LogP) is 8.98. The van der Waals surface area contributed by atoms with E-state index in [1.807, 2.05) is 29.1 Å². The monoisotopic (exact) mass is 804 g/mol. The number of hydrogen-bond donors (Lipinski definition) is 1. The minimum Gasteiger partial charge on any atom is -0.465 e. The molecule has 0 aliphatic heterocycles. The molecule has 5 aliphatic carbocycles. The highest BCUT2D eigenvalue weighted by Gasteiger charge is 2.70. The minimum atomic E-state index is -0.465. The summed E-state index contributed by atoms with van der Waals surface area (Å²) >= 11 is 3.63. The Morgan fingerprint density at radius 1 is 0.926 bits per heavy atom. The van der Waals surface area contributed by atoms with Crippen molar-refractivity contribution >= 4 is 33.8 Å². The second-order valence-corrected chi connectivity index (χ2v) is 20.3. The van der Waals surface area contributed by atoms with Gasteiger partial charge >= 0.3 is 11.9 Å². The summed E-state index contributed by atoms with van der Waals surface area (Å²) in [4.78, 5) is 39.1. The van der Waals surface area contributed by atoms with Crippen molar-refractivity contribution in [2.45, 2.75) is 139 Å². The lowest BCUT2D eigenvalue weighted by atomic mass is 9.33. The van der Waals surface area contributed by atoms with E-state index in [0.29, 0.717) is 19.0 Å². The van der Waals surface area contributed by atoms with Gasteiger partial charge in [0.25, 0.3) is 0 Å². The highest BCUT2D eigenvalue weighted by molar-refractivity contribution is 9.10. The molecule has 294 valence electrons. The molecular weight excluding hydrogens is 744 g/mol. The molecular formula is C44H61BrN4O5. The molecule has 1 aromatic heterocycles. The third kappa shape index (κ3) is 6.38. The van der Waals surface area contributed by atoms with Crippen molar-refractivity contribution in [2.24, 2.45) is 50.2 Å². The molecule has 1 amide bonds. The second-order valence-electron chi connectivity index (χ2n) is 19.5. The highest BCUT2D eigenvalue weighted by atomic mass is 79.9. The third-order valence-electron chi connectivity index (χ3n) is 16.0. The van der Waals surface area contributed by atoms with Gasteiger partial charge in [-0.15, -0.1) is 5.10 Å². The maximum Gasteiger partial charge on any atom is 0.302 e. The summed E-state index contributed by atoms with van der Waals surface area (Å²) in [5, 5.41) is 12.2. The Kier molecular flexibility index (Phi) is 10.1. The summed E-state index contributed by atoms with van der Waals surface area (Å²) in [5.41, 5.74) is 2.63. The molecule has 0 saturated heterocycles. The summed E-state index contributed by atoms with van der Waals surface area (Å²) in [6.45, 7) is 18.7. The van der Waals surface area contributed by atoms with E-state index in [9.17, 15) is 14.4 Å². The van der Waals surface area contributed by atoms with Gasteiger partial charge in [0.15, 0.2) is 0 Å². The lowest BCUT2D eigenvalue weighted by Crippen LogP contribution is -2.66. The molecule has 0 spiro atoms. The number of carbonyl (C=O) groups is 3. The number of halogens is 1. The average Bonchev–Trinajstić information content (AvgIpc) is 3.56. The highest BCUT2D eigenvalue weighted by Crippen LogP contribution is 2.76. The average molecular weight is 806 g/mol. The van der Waals surface area contributed by atoms with Gasteiger partial charge in [-0.3, -0.25) is 14.4 Å². The van der Waals surface area contributed by atoms with Crippen LogP contribution in [0, 0.1) is 50.2 Å². The quantitative estimate of drug-likeness (QED) is 0.210. The fraction of sp³-hybridized carbons (Fsp3) is 0.705. The van der Waals surface area contributed by atoms with Crippen LogP contribution in [-0.2, 0) is 36.9 Å². The topological polar surface area (TPSA) is 112 Å². The summed E-state index contributed by atoms with van der Waals surface area (Å²) in [6.07, 6.45) is 13.8. The van der Waals surface area contributed by atoms with Crippen molar-refractivity contribution < 1.29 is 23.9 Å². The fourth-order valence-electron chi connectivity index (χ4n) is 12.9. The molecule has 5 aliphatic rings. The van der Waals surface area contributed by atoms with Gasteiger partial charge in [-0.05, 0) is 115 Å². The number of allylic oxidation sites excluding steroid dienone is 2. The Hall–Kier alpha value is -3.01. The number of hydrogen-bond acceptors (Lipinski definition) is 7. The number of nitrogens with zero attached hydrogens (tertiary/aromatic N) is 3. The van der Waals surface area contributed by atoms with Crippen LogP contribution in [0.5, 0.6) is 0 Å². The zero-order valence-electron chi connectivity index (χ0n) is 33.7. The first-order valence-corrected chi connectivity index (χ1v) is 21.1. The standard InChI is InChI=1S/C44H61BrN4O5/c1-28(50)53-27-41(6)35-15-18-43(8)36(40(35,5)17-16-37(41)54-29(2)51)14-13-32-33-23-39(3,4)19-21-44(33,22-20-42(32,43)7)38(52)46-24-31-26-49(48-47-31)25-30-11-9-10-12-34(30)45/h9-13,26,33,35-37H,14-25,27H2,1-8H3,(H,46,52)/t33-,35+,36+,37-,40-,41-,42+,43+,44-/m0/s1. The number of fused-ring (bicyclic) bond motifs is 7. The minimum absolute atomic E-state index is 0.0185. The Bertz CT molecular complexity index is 1840. The number of benzene rings is 1. The molecule has 4 saturated carbocycles. The summed E-state index contributed by atoms with van der Waals surface area (Å²) in [5.74, 6) is 0.445. The van der Waals surface area contributed by atoms with E-state index < -0.39 is 10.8 Å². The summed E-state index contributed by atoms with van der Waals surface area (Å²) in [7, 11) is 0. The van der Waals surface area contributed by atoms with Crippen LogP contribution >= 0.6 is 15.9 Å². The van der Waals surface area contributed by atoms with Gasteiger partial charge in [0.1, 0.15) is 18.4 Å². The zero-order valence-corrected chi connectivity index (χ0v) is 35.3. The molecule has 1 aromatic carbocycles. The Morgan fingerprint density at radius 2 is 1.67 bits per heavy atom. The smallest absolute Gasteiger partial charge is 0.302 e. The first kappa shape index (κ1) is 39.2. The molecule has 1 N–H and O–H groups in total. The van der Waals surface area contributed by atoms with Crippen LogP contribution in [0.2, 0.25) is 0 Å². The zero-order chi connectivity index (χ0) is 38.9. The molecule has 54 heavy (non-hydrogen) atoms. The molecule has 4 fully saturated rings. The van der Waals surface area contributed by atoms with Crippen LogP contribution < -0.4 is 5.32 Å². The number of esters is 2. The van der Waals surface area contributed by atoms with Crippen LogP contribution in [0.15, 0.2) is 46.6 Å².